The zero-order valence-electron chi connectivity index (χ0n) is 56.3. The van der Waals surface area contributed by atoms with Crippen LogP contribution < -0.4 is 108 Å². The van der Waals surface area contributed by atoms with Gasteiger partial charge in [0, 0.05) is 53.5 Å². The third kappa shape index (κ3) is 34.8. The number of aliphatic carboxylic acids is 6. The van der Waals surface area contributed by atoms with Crippen molar-refractivity contribution < 1.29 is 172 Å². The summed E-state index contributed by atoms with van der Waals surface area (Å²) < 4.78 is 13.5. The molecule has 6 unspecified atom stereocenters. The molecule has 28 nitrogen and oxygen atoms in total. The second kappa shape index (κ2) is 47.2. The van der Waals surface area contributed by atoms with Crippen molar-refractivity contribution in [3.05, 3.63) is 176 Å². The van der Waals surface area contributed by atoms with Gasteiger partial charge in [-0.25, -0.2) is 4.39 Å². The Kier molecular flexibility index (Phi) is 42.1. The highest BCUT2D eigenvalue weighted by atomic mass is 35.5. The third-order valence-corrected chi connectivity index (χ3v) is 16.2. The number of hydrogen-bond acceptors (Lipinski definition) is 18. The van der Waals surface area contributed by atoms with E-state index >= 15 is 0 Å². The molecule has 0 aromatic heterocycles. The first-order valence-electron chi connectivity index (χ1n) is 32.4. The van der Waals surface area contributed by atoms with Gasteiger partial charge in [0.25, 0.3) is 0 Å². The van der Waals surface area contributed by atoms with Crippen molar-refractivity contribution in [2.75, 3.05) is 105 Å². The number of halogens is 3. The number of carbonyl (C=O) groups is 6. The van der Waals surface area contributed by atoms with E-state index < -0.39 is 48.2 Å². The normalized spacial score (nSPS) is 12.5. The van der Waals surface area contributed by atoms with Gasteiger partial charge in [-0.3, -0.25) is 0 Å². The molecular weight excluding hydrogens is 1360 g/mol. The SMILES string of the molecule is C.Cc1ccc(O)c(C[NH+](CC[NH+](CC(=O)[O-])Cc2cc(CC[NH3+])ccc2O)CC(=O)[O-])c1.[Cl-].[Cl-].[NH3+]CCc1ccc(O)c(C[NH+](CC[NH+](CC(=O)[O-])Cc2cc(CC[NH3+])ccc2O)CC(=O)[O-])c1.[NH3+]CCc1ccc(O)c(C[NH+](CC[NH+](CC(=O)[O-])Cc2cc(F)ccc2O)CC(=O)[O-])c1. The largest absolute Gasteiger partial charge is 1.00 e. The van der Waals surface area contributed by atoms with Gasteiger partial charge in [-0.1, -0.05) is 43.3 Å². The average Bonchev–Trinajstić information content (AvgIpc) is 0.879. The summed E-state index contributed by atoms with van der Waals surface area (Å²) >= 11 is 0. The molecule has 0 aliphatic carbocycles. The van der Waals surface area contributed by atoms with E-state index in [2.05, 4.69) is 22.9 Å². The first-order chi connectivity index (χ1) is 46.6. The van der Waals surface area contributed by atoms with Gasteiger partial charge in [-0.05, 0) is 108 Å². The zero-order chi connectivity index (χ0) is 72.4. The molecular formula is C70H101Cl2FN10O18+2. The van der Waals surface area contributed by atoms with Gasteiger partial charge in [-0.2, -0.15) is 0 Å². The van der Waals surface area contributed by atoms with Crippen molar-refractivity contribution in [3.8, 4) is 34.5 Å². The zero-order valence-corrected chi connectivity index (χ0v) is 57.8. The summed E-state index contributed by atoms with van der Waals surface area (Å²) in [6.45, 7) is 5.65. The summed E-state index contributed by atoms with van der Waals surface area (Å²) in [6.07, 6.45) is 2.93. The Balaban J connectivity index is 0.000000747. The highest BCUT2D eigenvalue weighted by Crippen LogP contribution is 2.22. The highest BCUT2D eigenvalue weighted by molar-refractivity contribution is 5.67. The molecule has 101 heavy (non-hydrogen) atoms. The van der Waals surface area contributed by atoms with Crippen LogP contribution in [0.1, 0.15) is 68.6 Å². The molecule has 0 bridgehead atoms. The first-order valence-corrected chi connectivity index (χ1v) is 32.4. The number of carboxylic acids is 6. The molecule has 6 aromatic carbocycles. The minimum Gasteiger partial charge on any atom is -1.00 e. The van der Waals surface area contributed by atoms with Crippen LogP contribution in [0.25, 0.3) is 0 Å². The minimum atomic E-state index is -1.32. The third-order valence-electron chi connectivity index (χ3n) is 16.2. The number of phenolic OH excluding ortho intramolecular Hbond substituents is 6. The van der Waals surface area contributed by atoms with E-state index in [9.17, 15) is 94.4 Å². The number of carbonyl (C=O) groups excluding carboxylic acids is 6. The fourth-order valence-electron chi connectivity index (χ4n) is 11.4. The lowest BCUT2D eigenvalue weighted by Crippen LogP contribution is -3.20. The predicted molar refractivity (Wildman–Crippen MR) is 342 cm³/mol. The van der Waals surface area contributed by atoms with Crippen molar-refractivity contribution in [3.63, 3.8) is 0 Å². The maximum absolute atomic E-state index is 13.5. The summed E-state index contributed by atoms with van der Waals surface area (Å²) in [5, 5.41) is 129. The van der Waals surface area contributed by atoms with Gasteiger partial charge in [0.05, 0.1) is 67.6 Å². The smallest absolute Gasteiger partial charge is 0.127 e. The molecule has 0 radical (unpaired) electrons. The summed E-state index contributed by atoms with van der Waals surface area (Å²) in [4.78, 5) is 71.2. The van der Waals surface area contributed by atoms with Crippen LogP contribution >= 0.6 is 0 Å². The topological polar surface area (TPSA) is 499 Å². The molecule has 0 saturated carbocycles. The van der Waals surface area contributed by atoms with Crippen LogP contribution in [-0.2, 0) is 93.7 Å². The molecule has 0 amide bonds. The van der Waals surface area contributed by atoms with E-state index in [0.717, 1.165) is 59.2 Å². The van der Waals surface area contributed by atoms with E-state index in [1.54, 1.807) is 54.6 Å². The molecule has 0 fully saturated rings. The summed E-state index contributed by atoms with van der Waals surface area (Å²) in [6, 6.07) is 29.4. The maximum Gasteiger partial charge on any atom is 0.127 e. The van der Waals surface area contributed by atoms with Crippen LogP contribution in [0.15, 0.2) is 109 Å². The van der Waals surface area contributed by atoms with Crippen molar-refractivity contribution in [2.45, 2.75) is 79.3 Å². The molecule has 24 N–H and O–H groups in total. The van der Waals surface area contributed by atoms with E-state index in [0.29, 0.717) is 116 Å². The Morgan fingerprint density at radius 3 is 0.723 bits per heavy atom. The van der Waals surface area contributed by atoms with Gasteiger partial charge >= 0.3 is 0 Å². The lowest BCUT2D eigenvalue weighted by molar-refractivity contribution is -0.965. The Morgan fingerprint density at radius 2 is 0.515 bits per heavy atom. The second-order valence-electron chi connectivity index (χ2n) is 24.5. The van der Waals surface area contributed by atoms with Crippen LogP contribution in [0, 0.1) is 12.7 Å². The molecule has 0 saturated heterocycles. The minimum absolute atomic E-state index is 0. The lowest BCUT2D eigenvalue weighted by Gasteiger charge is -2.25. The van der Waals surface area contributed by atoms with Gasteiger partial charge < -0.3 is 167 Å². The molecule has 31 heteroatoms. The number of rotatable bonds is 41. The number of carboxylic acid groups (broad SMARTS) is 6. The van der Waals surface area contributed by atoms with Crippen molar-refractivity contribution in [2.24, 2.45) is 0 Å². The number of phenols is 6. The van der Waals surface area contributed by atoms with Gasteiger partial charge in [-0.15, -0.1) is 0 Å². The van der Waals surface area contributed by atoms with Crippen molar-refractivity contribution >= 4 is 35.8 Å². The Labute approximate surface area is 599 Å². The predicted octanol–water partition coefficient (Wildman–Crippen LogP) is -21.6. The number of benzene rings is 6. The van der Waals surface area contributed by atoms with Crippen LogP contribution in [0.5, 0.6) is 34.5 Å². The summed E-state index contributed by atoms with van der Waals surface area (Å²) in [5.41, 5.74) is 23.4. The van der Waals surface area contributed by atoms with Gasteiger partial charge in [0.2, 0.25) is 0 Å². The Hall–Kier alpha value is -8.95. The fourth-order valence-corrected chi connectivity index (χ4v) is 11.4. The van der Waals surface area contributed by atoms with Gasteiger partial charge in [0.1, 0.15) is 158 Å². The number of aromatic hydroxyl groups is 6. The van der Waals surface area contributed by atoms with Crippen LogP contribution in [0.4, 0.5) is 4.39 Å². The summed E-state index contributed by atoms with van der Waals surface area (Å²) in [5.74, 6) is -7.89. The number of quaternary nitrogens is 10. The monoisotopic (exact) mass is 1460 g/mol. The molecule has 6 aromatic rings. The number of aryl methyl sites for hydroxylation is 1. The Bertz CT molecular complexity index is 3350. The fraction of sp³-hybridized carbons (Fsp3) is 0.400. The number of hydrogen-bond donors (Lipinski definition) is 16. The second-order valence-corrected chi connectivity index (χ2v) is 24.5. The van der Waals surface area contributed by atoms with Crippen molar-refractivity contribution in [1.29, 1.82) is 0 Å². The van der Waals surface area contributed by atoms with E-state index in [-0.39, 0.29) is 157 Å². The molecule has 0 aliphatic heterocycles. The maximum atomic E-state index is 13.5. The quantitative estimate of drug-likeness (QED) is 0.0169. The van der Waals surface area contributed by atoms with E-state index in [1.165, 1.54) is 6.07 Å². The standard InChI is InChI=1S/C24H34N4O6.C23H31N3O6.C22H28FN3O6.CH4.2ClH/c25-7-5-17-1-3-21(29)19(11-17)13-27(15-23(31)32)9-10-28(16-24(33)34)14-20-12-18(6-8-26)2-4-22(20)30;1-16-2-4-20(27)18(10-16)12-25(14-22(29)30)8-9-26(15-23(31)32)13-19-11-17(6-7-24)3-5-21(19)28;23-18-2-4-20(28)17(10-18)12-26(14-22(31)32)8-7-25(13-21(29)30)11-16-9-15(5-6-24)1-3-19(16)27;;;/h1-4,11-12,29-30H,5-10,13-16,25-26H2,(H,31,32)(H,33,34);2-5,10-11,27-28H,6-9,12-15,24H2,1H3,(H,29,30)(H,31,32);1-4,9-10,27-28H,5-8,11-14,24H2,(H,29,30)(H,31,32);1H4;2*1H/p+2. The molecule has 0 aliphatic rings. The lowest BCUT2D eigenvalue weighted by atomic mass is 10.1. The van der Waals surface area contributed by atoms with Crippen molar-refractivity contribution in [1.82, 2.24) is 0 Å². The van der Waals surface area contributed by atoms with E-state index in [1.807, 2.05) is 43.3 Å². The van der Waals surface area contributed by atoms with E-state index in [4.69, 9.17) is 0 Å². The van der Waals surface area contributed by atoms with Gasteiger partial charge in [0.15, 0.2) is 0 Å². The molecule has 558 valence electrons. The Morgan fingerprint density at radius 1 is 0.327 bits per heavy atom. The summed E-state index contributed by atoms with van der Waals surface area (Å²) in [7, 11) is 0. The molecule has 6 rings (SSSR count). The van der Waals surface area contributed by atoms with Crippen LogP contribution in [0.3, 0.4) is 0 Å². The highest BCUT2D eigenvalue weighted by Gasteiger charge is 2.24. The molecule has 0 heterocycles. The van der Waals surface area contributed by atoms with Crippen LogP contribution in [-0.4, -0.2) is 171 Å². The number of nitrogens with one attached hydrogen (secondary N) is 6. The first kappa shape index (κ1) is 90.1. The average molecular weight is 1460 g/mol. The molecule has 0 spiro atoms. The van der Waals surface area contributed by atoms with Crippen LogP contribution in [0.2, 0.25) is 0 Å². The molecule has 6 atom stereocenters.